The van der Waals surface area contributed by atoms with Gasteiger partial charge in [0.25, 0.3) is 0 Å². The van der Waals surface area contributed by atoms with E-state index in [1.807, 2.05) is 48.7 Å². The van der Waals surface area contributed by atoms with E-state index in [4.69, 9.17) is 19.1 Å². The minimum atomic E-state index is -0.381. The number of pyridine rings is 1. The molecule has 0 fully saturated rings. The van der Waals surface area contributed by atoms with Crippen LogP contribution in [0.1, 0.15) is 17.2 Å². The lowest BCUT2D eigenvalue weighted by atomic mass is 9.92. The molecule has 4 nitrogen and oxygen atoms in total. The van der Waals surface area contributed by atoms with Crippen LogP contribution in [0.5, 0.6) is 5.75 Å². The molecule has 0 aliphatic carbocycles. The van der Waals surface area contributed by atoms with Gasteiger partial charge < -0.3 is 9.15 Å². The first-order chi connectivity index (χ1) is 21.3. The summed E-state index contributed by atoms with van der Waals surface area (Å²) in [7, 11) is 0. The average molecular weight is 591 g/mol. The third-order valence-corrected chi connectivity index (χ3v) is 10.1. The number of nitrogens with zero attached hydrogens (tertiary/aromatic N) is 2. The van der Waals surface area contributed by atoms with Crippen LogP contribution in [0.3, 0.4) is 0 Å². The molecule has 9 rings (SSSR count). The number of aromatic nitrogens is 2. The fourth-order valence-corrected chi connectivity index (χ4v) is 7.98. The molecule has 0 radical (unpaired) electrons. The highest BCUT2D eigenvalue weighted by Crippen LogP contribution is 2.49. The topological polar surface area (TPSA) is 48.2 Å². The van der Waals surface area contributed by atoms with Crippen molar-refractivity contribution >= 4 is 60.0 Å². The van der Waals surface area contributed by atoms with Crippen molar-refractivity contribution in [2.75, 3.05) is 0 Å². The van der Waals surface area contributed by atoms with Crippen LogP contribution in [-0.4, -0.2) is 9.97 Å². The number of para-hydroxylation sites is 3. The Morgan fingerprint density at radius 2 is 1.51 bits per heavy atom. The number of benzene rings is 4. The number of hydrogen-bond acceptors (Lipinski definition) is 6. The molecule has 6 heteroatoms. The molecule has 0 saturated carbocycles. The van der Waals surface area contributed by atoms with Gasteiger partial charge in [-0.25, -0.2) is 4.98 Å². The molecule has 1 aliphatic rings. The first kappa shape index (κ1) is 24.5. The van der Waals surface area contributed by atoms with Crippen molar-refractivity contribution in [2.24, 2.45) is 0 Å². The molecule has 0 amide bonds. The Kier molecular flexibility index (Phi) is 5.57. The second kappa shape index (κ2) is 9.76. The van der Waals surface area contributed by atoms with Crippen LogP contribution < -0.4 is 4.74 Å². The molecular formula is C37H22N2O2S2. The van der Waals surface area contributed by atoms with Crippen molar-refractivity contribution in [3.8, 4) is 38.2 Å². The summed E-state index contributed by atoms with van der Waals surface area (Å²) in [4.78, 5) is 11.3. The Morgan fingerprint density at radius 3 is 2.40 bits per heavy atom. The summed E-state index contributed by atoms with van der Waals surface area (Å²) >= 11 is 3.43. The van der Waals surface area contributed by atoms with Gasteiger partial charge in [0.15, 0.2) is 0 Å². The highest BCUT2D eigenvalue weighted by molar-refractivity contribution is 7.22. The summed E-state index contributed by atoms with van der Waals surface area (Å²) in [5.41, 5.74) is 6.66. The maximum Gasteiger partial charge on any atom is 0.145 e. The van der Waals surface area contributed by atoms with Crippen LogP contribution in [0.4, 0.5) is 0 Å². The summed E-state index contributed by atoms with van der Waals surface area (Å²) in [5, 5.41) is 3.12. The van der Waals surface area contributed by atoms with E-state index in [1.165, 1.54) is 10.1 Å². The third kappa shape index (κ3) is 4.10. The van der Waals surface area contributed by atoms with Gasteiger partial charge in [-0.05, 0) is 53.9 Å². The fraction of sp³-hybridized carbons (Fsp3) is 0.0270. The normalized spacial score (nSPS) is 14.4. The quantitative estimate of drug-likeness (QED) is 0.205. The average Bonchev–Trinajstić information content (AvgIpc) is 3.80. The van der Waals surface area contributed by atoms with Crippen LogP contribution >= 0.6 is 22.7 Å². The molecule has 0 saturated heterocycles. The standard InChI is InChI=1S/C37H22N2O2S2/c1-5-13-27-22(9-1)17-18-29(40-27)35-34(33-20-24-11-3-7-15-31(24)42-33)25(30-19-23-10-2-6-14-28(23)41-30)21-38-36(35)37-39-26-12-4-8-16-32(26)43-37/h1-21,29H. The number of fused-ring (bicyclic) bond motifs is 4. The number of rotatable bonds is 4. The molecule has 0 bridgehead atoms. The molecule has 1 atom stereocenters. The van der Waals surface area contributed by atoms with Crippen molar-refractivity contribution in [1.29, 1.82) is 0 Å². The smallest absolute Gasteiger partial charge is 0.145 e. The Hall–Kier alpha value is -5.04. The molecule has 4 aromatic carbocycles. The van der Waals surface area contributed by atoms with Crippen molar-refractivity contribution in [1.82, 2.24) is 9.97 Å². The van der Waals surface area contributed by atoms with Gasteiger partial charge in [0, 0.05) is 43.4 Å². The van der Waals surface area contributed by atoms with Gasteiger partial charge in [-0.15, -0.1) is 22.7 Å². The highest BCUT2D eigenvalue weighted by atomic mass is 32.1. The Labute approximate surface area is 255 Å². The zero-order valence-corrected chi connectivity index (χ0v) is 24.4. The van der Waals surface area contributed by atoms with E-state index in [9.17, 15) is 0 Å². The maximum absolute atomic E-state index is 6.76. The van der Waals surface area contributed by atoms with Crippen LogP contribution in [0.25, 0.3) is 69.8 Å². The third-order valence-electron chi connectivity index (χ3n) is 7.88. The van der Waals surface area contributed by atoms with Crippen molar-refractivity contribution in [2.45, 2.75) is 6.10 Å². The largest absolute Gasteiger partial charge is 0.481 e. The van der Waals surface area contributed by atoms with Crippen LogP contribution in [0.15, 0.2) is 126 Å². The van der Waals surface area contributed by atoms with Gasteiger partial charge in [-0.1, -0.05) is 72.8 Å². The Balaban J connectivity index is 1.37. The van der Waals surface area contributed by atoms with Gasteiger partial charge in [-0.3, -0.25) is 4.98 Å². The molecule has 43 heavy (non-hydrogen) atoms. The molecule has 8 aromatic rings. The minimum absolute atomic E-state index is 0.381. The molecule has 204 valence electrons. The molecular weight excluding hydrogens is 569 g/mol. The monoisotopic (exact) mass is 590 g/mol. The highest BCUT2D eigenvalue weighted by Gasteiger charge is 2.30. The Morgan fingerprint density at radius 1 is 0.721 bits per heavy atom. The van der Waals surface area contributed by atoms with E-state index in [0.29, 0.717) is 0 Å². The van der Waals surface area contributed by atoms with Gasteiger partial charge in [0.1, 0.15) is 33.9 Å². The fourth-order valence-electron chi connectivity index (χ4n) is 5.87. The molecule has 1 unspecified atom stereocenters. The molecule has 0 spiro atoms. The minimum Gasteiger partial charge on any atom is -0.481 e. The molecule has 5 heterocycles. The molecule has 0 N–H and O–H groups in total. The SMILES string of the molecule is C1=CC(c2c(-c3nc4ccccc4s3)ncc(-c3cc4ccccc4o3)c2-c2cc3ccccc3s2)Oc2ccccc21. The van der Waals surface area contributed by atoms with Crippen molar-refractivity contribution in [3.05, 3.63) is 133 Å². The second-order valence-corrected chi connectivity index (χ2v) is 12.6. The first-order valence-electron chi connectivity index (χ1n) is 14.1. The predicted octanol–water partition coefficient (Wildman–Crippen LogP) is 10.8. The van der Waals surface area contributed by atoms with Gasteiger partial charge in [0.2, 0.25) is 0 Å². The Bertz CT molecular complexity index is 2260. The van der Waals surface area contributed by atoms with Crippen LogP contribution in [0.2, 0.25) is 0 Å². The van der Waals surface area contributed by atoms with Crippen LogP contribution in [-0.2, 0) is 0 Å². The first-order valence-corrected chi connectivity index (χ1v) is 15.7. The lowest BCUT2D eigenvalue weighted by Crippen LogP contribution is -2.13. The van der Waals surface area contributed by atoms with E-state index < -0.39 is 0 Å². The number of thiophene rings is 1. The maximum atomic E-state index is 6.76. The number of hydrogen-bond donors (Lipinski definition) is 0. The number of thiazole rings is 1. The zero-order chi connectivity index (χ0) is 28.3. The number of ether oxygens (including phenoxy) is 1. The molecule has 1 aliphatic heterocycles. The summed E-state index contributed by atoms with van der Waals surface area (Å²) in [6.45, 7) is 0. The van der Waals surface area contributed by atoms with E-state index in [-0.39, 0.29) is 6.10 Å². The predicted molar refractivity (Wildman–Crippen MR) is 178 cm³/mol. The van der Waals surface area contributed by atoms with Crippen LogP contribution in [0, 0.1) is 0 Å². The summed E-state index contributed by atoms with van der Waals surface area (Å²) < 4.78 is 15.6. The lowest BCUT2D eigenvalue weighted by Gasteiger charge is -2.26. The van der Waals surface area contributed by atoms with E-state index >= 15 is 0 Å². The van der Waals surface area contributed by atoms with E-state index in [0.717, 1.165) is 70.5 Å². The van der Waals surface area contributed by atoms with E-state index in [1.54, 1.807) is 22.7 Å². The summed E-state index contributed by atoms with van der Waals surface area (Å²) in [6, 6.07) is 37.4. The van der Waals surface area contributed by atoms with Crippen molar-refractivity contribution in [3.63, 3.8) is 0 Å². The molecule has 4 aromatic heterocycles. The van der Waals surface area contributed by atoms with Gasteiger partial charge in [0.05, 0.1) is 10.2 Å². The van der Waals surface area contributed by atoms with Gasteiger partial charge in [-0.2, -0.15) is 0 Å². The summed E-state index contributed by atoms with van der Waals surface area (Å²) in [6.07, 6.45) is 5.85. The van der Waals surface area contributed by atoms with Crippen molar-refractivity contribution < 1.29 is 9.15 Å². The zero-order valence-electron chi connectivity index (χ0n) is 22.7. The number of furan rings is 1. The second-order valence-electron chi connectivity index (χ2n) is 10.5. The van der Waals surface area contributed by atoms with E-state index in [2.05, 4.69) is 78.9 Å². The lowest BCUT2D eigenvalue weighted by molar-refractivity contribution is 0.252. The van der Waals surface area contributed by atoms with Gasteiger partial charge >= 0.3 is 0 Å². The summed E-state index contributed by atoms with van der Waals surface area (Å²) in [5.74, 6) is 1.63.